The summed E-state index contributed by atoms with van der Waals surface area (Å²) in [7, 11) is 1.22. The van der Waals surface area contributed by atoms with E-state index in [1.54, 1.807) is 0 Å². The summed E-state index contributed by atoms with van der Waals surface area (Å²) in [5, 5.41) is 3.29. The highest BCUT2D eigenvalue weighted by molar-refractivity contribution is 7.85. The van der Waals surface area contributed by atoms with Crippen LogP contribution in [0.25, 0.3) is 0 Å². The predicted molar refractivity (Wildman–Crippen MR) is 80.5 cm³/mol. The van der Waals surface area contributed by atoms with Crippen LogP contribution in [-0.4, -0.2) is 22.8 Å². The van der Waals surface area contributed by atoms with Gasteiger partial charge >= 0.3 is 0 Å². The summed E-state index contributed by atoms with van der Waals surface area (Å²) in [6.07, 6.45) is 2.16. The second-order valence-electron chi connectivity index (χ2n) is 4.93. The second-order valence-corrected chi connectivity index (χ2v) is 6.55. The largest absolute Gasteiger partial charge is 0.312 e. The fraction of sp³-hybridized carbons (Fsp3) is 0.600. The van der Waals surface area contributed by atoms with Gasteiger partial charge in [-0.25, -0.2) is 0 Å². The molecule has 0 heterocycles. The lowest BCUT2D eigenvalue weighted by atomic mass is 10.0. The van der Waals surface area contributed by atoms with Crippen molar-refractivity contribution in [3.05, 3.63) is 34.9 Å². The Hall–Kier alpha value is -0.670. The van der Waals surface area contributed by atoms with Gasteiger partial charge in [0.25, 0.3) is 0 Å². The fourth-order valence-electron chi connectivity index (χ4n) is 2.13. The molecule has 18 heavy (non-hydrogen) atoms. The zero-order valence-corrected chi connectivity index (χ0v) is 12.8. The smallest absolute Gasteiger partial charge is 0.0434 e. The lowest BCUT2D eigenvalue weighted by molar-refractivity contribution is 0.633. The molecule has 0 amide bonds. The van der Waals surface area contributed by atoms with Crippen molar-refractivity contribution in [1.82, 2.24) is 5.32 Å². The van der Waals surface area contributed by atoms with E-state index in [1.165, 1.54) is 16.7 Å². The summed E-state index contributed by atoms with van der Waals surface area (Å²) in [4.78, 5) is 0. The Labute approximate surface area is 114 Å². The van der Waals surface area contributed by atoms with Crippen LogP contribution in [0.5, 0.6) is 0 Å². The van der Waals surface area contributed by atoms with E-state index in [1.807, 2.05) is 7.05 Å². The number of hydrogen-bond donors (Lipinski definition) is 1. The predicted octanol–water partition coefficient (Wildman–Crippen LogP) is 3.11. The van der Waals surface area contributed by atoms with Gasteiger partial charge in [0.1, 0.15) is 0 Å². The molecule has 0 spiro atoms. The van der Waals surface area contributed by atoms with Crippen LogP contribution in [0.3, 0.4) is 0 Å². The first-order chi connectivity index (χ1) is 8.56. The lowest BCUT2D eigenvalue weighted by Gasteiger charge is -2.17. The van der Waals surface area contributed by atoms with Gasteiger partial charge in [-0.2, -0.15) is 0 Å². The third-order valence-corrected chi connectivity index (χ3v) is 4.52. The first kappa shape index (κ1) is 15.4. The van der Waals surface area contributed by atoms with Gasteiger partial charge in [-0.3, -0.25) is 4.21 Å². The Kier molecular flexibility index (Phi) is 6.58. The van der Waals surface area contributed by atoms with Crippen molar-refractivity contribution in [2.24, 2.45) is 0 Å². The van der Waals surface area contributed by atoms with Gasteiger partial charge in [-0.05, 0) is 32.9 Å². The summed E-state index contributed by atoms with van der Waals surface area (Å²) >= 11 is 0. The molecular weight excluding hydrogens is 242 g/mol. The average molecular weight is 267 g/mol. The van der Waals surface area contributed by atoms with Crippen LogP contribution in [0.15, 0.2) is 18.2 Å². The fourth-order valence-corrected chi connectivity index (χ4v) is 3.64. The molecule has 0 aliphatic rings. The van der Waals surface area contributed by atoms with Gasteiger partial charge in [0.05, 0.1) is 0 Å². The molecule has 2 unspecified atom stereocenters. The molecule has 2 atom stereocenters. The van der Waals surface area contributed by atoms with E-state index >= 15 is 0 Å². The minimum absolute atomic E-state index is 0.196. The highest BCUT2D eigenvalue weighted by Gasteiger charge is 2.13. The molecule has 102 valence electrons. The Morgan fingerprint density at radius 2 is 1.83 bits per heavy atom. The molecule has 1 rings (SSSR count). The van der Waals surface area contributed by atoms with E-state index in [4.69, 9.17) is 0 Å². The summed E-state index contributed by atoms with van der Waals surface area (Å²) in [6, 6.07) is 6.74. The topological polar surface area (TPSA) is 29.1 Å². The first-order valence-electron chi connectivity index (χ1n) is 6.67. The van der Waals surface area contributed by atoms with Gasteiger partial charge in [-0.1, -0.05) is 42.7 Å². The van der Waals surface area contributed by atoms with Crippen LogP contribution in [0.2, 0.25) is 0 Å². The number of rotatable bonds is 7. The Bertz CT molecular complexity index is 383. The van der Waals surface area contributed by atoms with Crippen LogP contribution in [0, 0.1) is 13.8 Å². The highest BCUT2D eigenvalue weighted by Crippen LogP contribution is 2.18. The Morgan fingerprint density at radius 1 is 1.22 bits per heavy atom. The van der Waals surface area contributed by atoms with E-state index in [-0.39, 0.29) is 6.04 Å². The monoisotopic (exact) mass is 267 g/mol. The molecule has 0 aliphatic heterocycles. The van der Waals surface area contributed by atoms with Gasteiger partial charge in [0.15, 0.2) is 0 Å². The molecule has 0 bridgehead atoms. The maximum atomic E-state index is 12.0. The summed E-state index contributed by atoms with van der Waals surface area (Å²) in [6.45, 7) is 6.35. The van der Waals surface area contributed by atoms with E-state index in [0.29, 0.717) is 5.75 Å². The zero-order valence-electron chi connectivity index (χ0n) is 12.0. The third kappa shape index (κ3) is 4.91. The van der Waals surface area contributed by atoms with E-state index < -0.39 is 10.8 Å². The van der Waals surface area contributed by atoms with Gasteiger partial charge < -0.3 is 5.32 Å². The third-order valence-electron chi connectivity index (χ3n) is 3.07. The number of benzene rings is 1. The molecule has 1 aromatic rings. The average Bonchev–Trinajstić information content (AvgIpc) is 2.32. The van der Waals surface area contributed by atoms with Gasteiger partial charge in [0, 0.05) is 28.3 Å². The second kappa shape index (κ2) is 7.70. The van der Waals surface area contributed by atoms with Crippen LogP contribution in [0.4, 0.5) is 0 Å². The van der Waals surface area contributed by atoms with Crippen molar-refractivity contribution in [2.75, 3.05) is 18.6 Å². The van der Waals surface area contributed by atoms with Crippen LogP contribution in [-0.2, 0) is 10.8 Å². The maximum Gasteiger partial charge on any atom is 0.0434 e. The minimum Gasteiger partial charge on any atom is -0.312 e. The number of nitrogens with one attached hydrogen (secondary N) is 1. The van der Waals surface area contributed by atoms with E-state index in [0.717, 1.165) is 18.6 Å². The molecule has 1 N–H and O–H groups in total. The molecule has 0 saturated carbocycles. The highest BCUT2D eigenvalue weighted by atomic mass is 32.2. The number of unbranched alkanes of at least 4 members (excludes halogenated alkanes) is 1. The summed E-state index contributed by atoms with van der Waals surface area (Å²) in [5.74, 6) is 1.53. The molecule has 0 radical (unpaired) electrons. The van der Waals surface area contributed by atoms with Crippen molar-refractivity contribution in [3.63, 3.8) is 0 Å². The summed E-state index contributed by atoms with van der Waals surface area (Å²) in [5.41, 5.74) is 3.79. The van der Waals surface area contributed by atoms with Crippen molar-refractivity contribution in [2.45, 2.75) is 39.7 Å². The quantitative estimate of drug-likeness (QED) is 0.822. The maximum absolute atomic E-state index is 12.0. The number of hydrogen-bond acceptors (Lipinski definition) is 2. The van der Waals surface area contributed by atoms with Gasteiger partial charge in [-0.15, -0.1) is 0 Å². The van der Waals surface area contributed by atoms with Crippen LogP contribution in [0.1, 0.15) is 42.5 Å². The lowest BCUT2D eigenvalue weighted by Crippen LogP contribution is -2.23. The first-order valence-corrected chi connectivity index (χ1v) is 8.16. The van der Waals surface area contributed by atoms with Crippen molar-refractivity contribution in [3.8, 4) is 0 Å². The molecule has 0 aliphatic carbocycles. The molecule has 0 saturated heterocycles. The minimum atomic E-state index is -0.726. The SMILES string of the molecule is CCCCS(=O)CC(NC)c1cc(C)cc(C)c1. The molecule has 0 fully saturated rings. The molecule has 1 aromatic carbocycles. The standard InChI is InChI=1S/C15H25NOS/c1-5-6-7-18(17)11-15(16-4)14-9-12(2)8-13(3)10-14/h8-10,15-16H,5-7,11H2,1-4H3. The van der Waals surface area contributed by atoms with E-state index in [9.17, 15) is 4.21 Å². The van der Waals surface area contributed by atoms with Crippen LogP contribution < -0.4 is 5.32 Å². The molecular formula is C15H25NOS. The van der Waals surface area contributed by atoms with Crippen LogP contribution >= 0.6 is 0 Å². The molecule has 0 aromatic heterocycles. The Morgan fingerprint density at radius 3 is 2.33 bits per heavy atom. The summed E-state index contributed by atoms with van der Waals surface area (Å²) < 4.78 is 12.0. The van der Waals surface area contributed by atoms with Gasteiger partial charge in [0.2, 0.25) is 0 Å². The molecule has 3 heteroatoms. The van der Waals surface area contributed by atoms with E-state index in [2.05, 4.69) is 44.3 Å². The van der Waals surface area contributed by atoms with Crippen molar-refractivity contribution in [1.29, 1.82) is 0 Å². The van der Waals surface area contributed by atoms with Crippen molar-refractivity contribution >= 4 is 10.8 Å². The van der Waals surface area contributed by atoms with Crippen molar-refractivity contribution < 1.29 is 4.21 Å². The normalized spacial score (nSPS) is 14.4. The zero-order chi connectivity index (χ0) is 13.5. The Balaban J connectivity index is 2.73. The number of aryl methyl sites for hydroxylation is 2. The molecule has 2 nitrogen and oxygen atoms in total.